The van der Waals surface area contributed by atoms with E-state index in [1.807, 2.05) is 32.0 Å². The molecule has 0 radical (unpaired) electrons. The van der Waals surface area contributed by atoms with Gasteiger partial charge in [0.05, 0.1) is 13.0 Å². The SMILES string of the molecule is CC(C)(CC(=O)O)Cc1ccc(OCCCNc2ccccn2)c(C(=O)O)c1. The minimum absolute atomic E-state index is 0.0108. The zero-order valence-electron chi connectivity index (χ0n) is 16.1. The van der Waals surface area contributed by atoms with E-state index in [4.69, 9.17) is 9.84 Å². The van der Waals surface area contributed by atoms with Gasteiger partial charge in [0, 0.05) is 12.7 Å². The van der Waals surface area contributed by atoms with Crippen LogP contribution in [0.25, 0.3) is 0 Å². The highest BCUT2D eigenvalue weighted by molar-refractivity contribution is 5.91. The summed E-state index contributed by atoms with van der Waals surface area (Å²) in [4.78, 5) is 26.7. The average Bonchev–Trinajstić information content (AvgIpc) is 2.61. The molecule has 0 unspecified atom stereocenters. The third kappa shape index (κ3) is 6.90. The standard InChI is InChI=1S/C21H26N2O5/c1-21(2,14-19(24)25)13-15-7-8-17(16(12-15)20(26)27)28-11-5-10-23-18-6-3-4-9-22-18/h3-4,6-9,12H,5,10-11,13-14H2,1-2H3,(H,22,23)(H,24,25)(H,26,27). The van der Waals surface area contributed by atoms with Gasteiger partial charge in [0.2, 0.25) is 0 Å². The van der Waals surface area contributed by atoms with Gasteiger partial charge in [-0.1, -0.05) is 26.0 Å². The van der Waals surface area contributed by atoms with Crippen LogP contribution >= 0.6 is 0 Å². The molecule has 0 saturated carbocycles. The van der Waals surface area contributed by atoms with E-state index in [9.17, 15) is 14.7 Å². The number of rotatable bonds is 11. The van der Waals surface area contributed by atoms with Crippen molar-refractivity contribution in [3.63, 3.8) is 0 Å². The van der Waals surface area contributed by atoms with E-state index < -0.39 is 17.4 Å². The number of anilines is 1. The highest BCUT2D eigenvalue weighted by Crippen LogP contribution is 2.29. The largest absolute Gasteiger partial charge is 0.493 e. The van der Waals surface area contributed by atoms with E-state index in [2.05, 4.69) is 10.3 Å². The summed E-state index contributed by atoms with van der Waals surface area (Å²) in [5.41, 5.74) is 0.385. The fraction of sp³-hybridized carbons (Fsp3) is 0.381. The summed E-state index contributed by atoms with van der Waals surface area (Å²) in [6.45, 7) is 4.71. The predicted molar refractivity (Wildman–Crippen MR) is 106 cm³/mol. The average molecular weight is 386 g/mol. The molecule has 2 aromatic rings. The molecule has 7 nitrogen and oxygen atoms in total. The minimum Gasteiger partial charge on any atom is -0.493 e. The molecule has 28 heavy (non-hydrogen) atoms. The van der Waals surface area contributed by atoms with Crippen molar-refractivity contribution in [3.05, 3.63) is 53.7 Å². The molecule has 0 spiro atoms. The summed E-state index contributed by atoms with van der Waals surface area (Å²) in [6, 6.07) is 10.6. The zero-order valence-corrected chi connectivity index (χ0v) is 16.1. The van der Waals surface area contributed by atoms with E-state index in [0.717, 1.165) is 11.4 Å². The Morgan fingerprint density at radius 1 is 1.18 bits per heavy atom. The Bertz CT molecular complexity index is 806. The van der Waals surface area contributed by atoms with Crippen molar-refractivity contribution in [3.8, 4) is 5.75 Å². The van der Waals surface area contributed by atoms with E-state index in [1.54, 1.807) is 24.4 Å². The predicted octanol–water partition coefficient (Wildman–Crippen LogP) is 3.70. The van der Waals surface area contributed by atoms with Gasteiger partial charge in [0.15, 0.2) is 0 Å². The number of ether oxygens (including phenoxy) is 1. The topological polar surface area (TPSA) is 109 Å². The van der Waals surface area contributed by atoms with Crippen LogP contribution in [0.2, 0.25) is 0 Å². The van der Waals surface area contributed by atoms with Crippen molar-refractivity contribution in [2.45, 2.75) is 33.1 Å². The molecule has 150 valence electrons. The Labute approximate surface area is 164 Å². The van der Waals surface area contributed by atoms with E-state index in [1.165, 1.54) is 0 Å². The number of aromatic nitrogens is 1. The number of carbonyl (C=O) groups is 2. The van der Waals surface area contributed by atoms with Crippen molar-refractivity contribution in [1.82, 2.24) is 4.98 Å². The lowest BCUT2D eigenvalue weighted by molar-refractivity contribution is -0.139. The molecular formula is C21H26N2O5. The Hall–Kier alpha value is -3.09. The number of benzene rings is 1. The maximum Gasteiger partial charge on any atom is 0.339 e. The second-order valence-electron chi connectivity index (χ2n) is 7.39. The van der Waals surface area contributed by atoms with Crippen LogP contribution < -0.4 is 10.1 Å². The summed E-state index contributed by atoms with van der Waals surface area (Å²) in [6.07, 6.45) is 2.87. The number of pyridine rings is 1. The summed E-state index contributed by atoms with van der Waals surface area (Å²) >= 11 is 0. The normalized spacial score (nSPS) is 11.1. The van der Waals surface area contributed by atoms with Crippen LogP contribution in [0.1, 0.15) is 42.6 Å². The molecule has 7 heteroatoms. The zero-order chi connectivity index (χ0) is 20.6. The van der Waals surface area contributed by atoms with Crippen LogP contribution in [0, 0.1) is 5.41 Å². The first-order valence-electron chi connectivity index (χ1n) is 9.12. The van der Waals surface area contributed by atoms with Crippen molar-refractivity contribution in [1.29, 1.82) is 0 Å². The molecule has 2 rings (SSSR count). The van der Waals surface area contributed by atoms with Gasteiger partial charge in [-0.15, -0.1) is 0 Å². The van der Waals surface area contributed by atoms with Gasteiger partial charge in [-0.2, -0.15) is 0 Å². The van der Waals surface area contributed by atoms with Gasteiger partial charge in [0.25, 0.3) is 0 Å². The smallest absolute Gasteiger partial charge is 0.339 e. The first kappa shape index (κ1) is 21.2. The molecule has 1 aromatic carbocycles. The summed E-state index contributed by atoms with van der Waals surface area (Å²) < 4.78 is 5.65. The van der Waals surface area contributed by atoms with Crippen LogP contribution in [-0.4, -0.2) is 40.3 Å². The number of aliphatic carboxylic acids is 1. The summed E-state index contributed by atoms with van der Waals surface area (Å²) in [5, 5.41) is 21.7. The first-order valence-corrected chi connectivity index (χ1v) is 9.12. The van der Waals surface area contributed by atoms with E-state index in [0.29, 0.717) is 31.7 Å². The van der Waals surface area contributed by atoms with Gasteiger partial charge in [-0.05, 0) is 48.1 Å². The van der Waals surface area contributed by atoms with E-state index >= 15 is 0 Å². The van der Waals surface area contributed by atoms with Crippen molar-refractivity contribution >= 4 is 17.8 Å². The third-order valence-corrected chi connectivity index (χ3v) is 4.14. The second-order valence-corrected chi connectivity index (χ2v) is 7.39. The Morgan fingerprint density at radius 2 is 1.96 bits per heavy atom. The number of aromatic carboxylic acids is 1. The summed E-state index contributed by atoms with van der Waals surface area (Å²) in [7, 11) is 0. The van der Waals surface area contributed by atoms with Gasteiger partial charge < -0.3 is 20.3 Å². The highest BCUT2D eigenvalue weighted by atomic mass is 16.5. The number of hydrogen-bond donors (Lipinski definition) is 3. The molecule has 3 N–H and O–H groups in total. The number of carboxylic acids is 2. The van der Waals surface area contributed by atoms with E-state index in [-0.39, 0.29) is 12.0 Å². The molecule has 0 saturated heterocycles. The lowest BCUT2D eigenvalue weighted by atomic mass is 9.82. The molecule has 0 aliphatic heterocycles. The third-order valence-electron chi connectivity index (χ3n) is 4.14. The van der Waals surface area contributed by atoms with Crippen molar-refractivity contribution in [2.75, 3.05) is 18.5 Å². The van der Waals surface area contributed by atoms with Gasteiger partial charge in [0.1, 0.15) is 17.1 Å². The van der Waals surface area contributed by atoms with Crippen LogP contribution in [-0.2, 0) is 11.2 Å². The Kier molecular flexibility index (Phi) is 7.37. The molecule has 1 heterocycles. The maximum absolute atomic E-state index is 11.6. The fourth-order valence-electron chi connectivity index (χ4n) is 2.94. The number of nitrogens with zero attached hydrogens (tertiary/aromatic N) is 1. The van der Waals surface area contributed by atoms with Gasteiger partial charge in [-0.25, -0.2) is 9.78 Å². The van der Waals surface area contributed by atoms with Crippen molar-refractivity contribution in [2.24, 2.45) is 5.41 Å². The minimum atomic E-state index is -1.07. The molecule has 0 fully saturated rings. The molecule has 0 amide bonds. The van der Waals surface area contributed by atoms with Crippen LogP contribution in [0.3, 0.4) is 0 Å². The molecule has 0 aliphatic rings. The lowest BCUT2D eigenvalue weighted by Gasteiger charge is -2.23. The Balaban J connectivity index is 1.93. The lowest BCUT2D eigenvalue weighted by Crippen LogP contribution is -2.20. The van der Waals surface area contributed by atoms with Crippen molar-refractivity contribution < 1.29 is 24.5 Å². The van der Waals surface area contributed by atoms with Crippen LogP contribution in [0.5, 0.6) is 5.75 Å². The number of hydrogen-bond acceptors (Lipinski definition) is 5. The molecule has 0 bridgehead atoms. The van der Waals surface area contributed by atoms with Crippen LogP contribution in [0.15, 0.2) is 42.6 Å². The monoisotopic (exact) mass is 386 g/mol. The number of nitrogens with one attached hydrogen (secondary N) is 1. The van der Waals surface area contributed by atoms with Gasteiger partial charge >= 0.3 is 11.9 Å². The highest BCUT2D eigenvalue weighted by Gasteiger charge is 2.23. The number of carboxylic acid groups (broad SMARTS) is 2. The molecule has 0 atom stereocenters. The van der Waals surface area contributed by atoms with Crippen LogP contribution in [0.4, 0.5) is 5.82 Å². The fourth-order valence-corrected chi connectivity index (χ4v) is 2.94. The summed E-state index contributed by atoms with van der Waals surface area (Å²) in [5.74, 6) is -0.852. The van der Waals surface area contributed by atoms with Gasteiger partial charge in [-0.3, -0.25) is 4.79 Å². The quantitative estimate of drug-likeness (QED) is 0.505. The molecular weight excluding hydrogens is 360 g/mol. The molecule has 0 aliphatic carbocycles. The first-order chi connectivity index (χ1) is 13.3. The Morgan fingerprint density at radius 3 is 2.61 bits per heavy atom. The second kappa shape index (κ2) is 9.73. The maximum atomic E-state index is 11.6. The molecule has 1 aromatic heterocycles.